The predicted octanol–water partition coefficient (Wildman–Crippen LogP) is 4.85. The Hall–Kier alpha value is -3.14. The number of hydrogen-bond donors (Lipinski definition) is 1. The van der Waals surface area contributed by atoms with Crippen molar-refractivity contribution in [3.05, 3.63) is 83.6 Å². The number of ether oxygens (including phenoxy) is 1. The molecule has 0 atom stereocenters. The van der Waals surface area contributed by atoms with E-state index in [1.54, 1.807) is 6.92 Å². The van der Waals surface area contributed by atoms with Crippen molar-refractivity contribution in [3.63, 3.8) is 0 Å². The number of carbonyl (C=O) groups excluding carboxylic acids is 1. The Morgan fingerprint density at radius 1 is 1.04 bits per heavy atom. The zero-order valence-electron chi connectivity index (χ0n) is 15.0. The number of rotatable bonds is 6. The van der Waals surface area contributed by atoms with Gasteiger partial charge in [-0.3, -0.25) is 0 Å². The van der Waals surface area contributed by atoms with Gasteiger partial charge in [0.25, 0.3) is 0 Å². The summed E-state index contributed by atoms with van der Waals surface area (Å²) in [6.45, 7) is 4.64. The number of aryl methyl sites for hydroxylation is 1. The number of nitrogens with zero attached hydrogens (tertiary/aromatic N) is 1. The number of esters is 1. The lowest BCUT2D eigenvalue weighted by atomic mass is 9.99. The van der Waals surface area contributed by atoms with E-state index in [1.807, 2.05) is 61.5 Å². The lowest BCUT2D eigenvalue weighted by Crippen LogP contribution is -2.12. The molecule has 0 saturated heterocycles. The van der Waals surface area contributed by atoms with E-state index >= 15 is 0 Å². The van der Waals surface area contributed by atoms with E-state index in [9.17, 15) is 4.79 Å². The maximum absolute atomic E-state index is 12.5. The van der Waals surface area contributed by atoms with Crippen LogP contribution in [0.25, 0.3) is 11.1 Å². The lowest BCUT2D eigenvalue weighted by molar-refractivity contribution is 0.0526. The van der Waals surface area contributed by atoms with Crippen molar-refractivity contribution in [2.75, 3.05) is 11.9 Å². The first-order chi connectivity index (χ1) is 12.7. The number of nitrogens with one attached hydrogen (secondary N) is 1. The third-order valence-electron chi connectivity index (χ3n) is 4.08. The average Bonchev–Trinajstić information content (AvgIpc) is 2.67. The summed E-state index contributed by atoms with van der Waals surface area (Å²) in [4.78, 5) is 17.0. The fourth-order valence-electron chi connectivity index (χ4n) is 2.86. The molecule has 0 aliphatic heterocycles. The molecule has 3 aromatic rings. The van der Waals surface area contributed by atoms with Gasteiger partial charge < -0.3 is 10.1 Å². The largest absolute Gasteiger partial charge is 0.462 e. The van der Waals surface area contributed by atoms with Crippen LogP contribution in [0, 0.1) is 6.92 Å². The highest BCUT2D eigenvalue weighted by atomic mass is 16.5. The number of anilines is 1. The fraction of sp³-hybridized carbons (Fsp3) is 0.182. The topological polar surface area (TPSA) is 51.2 Å². The van der Waals surface area contributed by atoms with Gasteiger partial charge in [-0.05, 0) is 31.0 Å². The molecular formula is C22H22N2O2. The fourth-order valence-corrected chi connectivity index (χ4v) is 2.86. The van der Waals surface area contributed by atoms with Crippen LogP contribution in [-0.4, -0.2) is 17.6 Å². The van der Waals surface area contributed by atoms with Gasteiger partial charge in [-0.1, -0.05) is 60.7 Å². The number of hydrogen-bond acceptors (Lipinski definition) is 4. The van der Waals surface area contributed by atoms with E-state index in [4.69, 9.17) is 4.74 Å². The molecule has 4 nitrogen and oxygen atoms in total. The minimum absolute atomic E-state index is 0.334. The number of carbonyl (C=O) groups is 1. The summed E-state index contributed by atoms with van der Waals surface area (Å²) >= 11 is 0. The highest BCUT2D eigenvalue weighted by molar-refractivity contribution is 5.99. The van der Waals surface area contributed by atoms with Crippen LogP contribution in [0.2, 0.25) is 0 Å². The third kappa shape index (κ3) is 4.09. The van der Waals surface area contributed by atoms with Crippen molar-refractivity contribution in [2.24, 2.45) is 0 Å². The smallest absolute Gasteiger partial charge is 0.340 e. The Morgan fingerprint density at radius 2 is 1.69 bits per heavy atom. The maximum Gasteiger partial charge on any atom is 0.340 e. The van der Waals surface area contributed by atoms with Crippen molar-refractivity contribution in [1.82, 2.24) is 4.98 Å². The zero-order chi connectivity index (χ0) is 18.4. The first kappa shape index (κ1) is 17.7. The van der Waals surface area contributed by atoms with Crippen LogP contribution < -0.4 is 5.32 Å². The normalized spacial score (nSPS) is 10.4. The molecule has 1 aromatic heterocycles. The van der Waals surface area contributed by atoms with E-state index in [-0.39, 0.29) is 5.97 Å². The molecule has 2 aromatic carbocycles. The van der Waals surface area contributed by atoms with E-state index in [0.717, 1.165) is 16.9 Å². The van der Waals surface area contributed by atoms with Crippen LogP contribution in [0.15, 0.2) is 66.7 Å². The molecule has 0 aliphatic carbocycles. The van der Waals surface area contributed by atoms with Crippen molar-refractivity contribution >= 4 is 11.8 Å². The molecule has 1 N–H and O–H groups in total. The van der Waals surface area contributed by atoms with Gasteiger partial charge in [0.05, 0.1) is 17.9 Å². The van der Waals surface area contributed by atoms with Gasteiger partial charge in [0, 0.05) is 12.1 Å². The van der Waals surface area contributed by atoms with Crippen LogP contribution >= 0.6 is 0 Å². The van der Waals surface area contributed by atoms with E-state index < -0.39 is 0 Å². The second-order valence-corrected chi connectivity index (χ2v) is 5.94. The summed E-state index contributed by atoms with van der Waals surface area (Å²) in [5, 5.41) is 3.35. The first-order valence-electron chi connectivity index (χ1n) is 8.71. The summed E-state index contributed by atoms with van der Waals surface area (Å²) in [7, 11) is 0. The number of benzene rings is 2. The highest BCUT2D eigenvalue weighted by Gasteiger charge is 2.19. The average molecular weight is 346 g/mol. The standard InChI is InChI=1S/C22H22N2O2/c1-3-26-22(25)21-16(2)24-20(23-15-17-10-6-4-7-11-17)14-19(21)18-12-8-5-9-13-18/h4-14H,3,15H2,1-2H3,(H,23,24). The molecule has 0 radical (unpaired) electrons. The second kappa shape index (κ2) is 8.30. The minimum atomic E-state index is -0.342. The summed E-state index contributed by atoms with van der Waals surface area (Å²) in [6.07, 6.45) is 0. The minimum Gasteiger partial charge on any atom is -0.462 e. The Kier molecular flexibility index (Phi) is 5.64. The number of aromatic nitrogens is 1. The maximum atomic E-state index is 12.5. The van der Waals surface area contributed by atoms with E-state index in [0.29, 0.717) is 24.4 Å². The first-order valence-corrected chi connectivity index (χ1v) is 8.71. The Morgan fingerprint density at radius 3 is 2.35 bits per heavy atom. The van der Waals surface area contributed by atoms with Crippen molar-refractivity contribution < 1.29 is 9.53 Å². The molecule has 132 valence electrons. The van der Waals surface area contributed by atoms with Gasteiger partial charge in [0.15, 0.2) is 0 Å². The van der Waals surface area contributed by atoms with Gasteiger partial charge in [-0.25, -0.2) is 9.78 Å². The summed E-state index contributed by atoms with van der Waals surface area (Å²) in [5.41, 5.74) is 4.13. The molecule has 0 spiro atoms. The Balaban J connectivity index is 1.97. The van der Waals surface area contributed by atoms with Crippen LogP contribution in [0.3, 0.4) is 0 Å². The molecule has 1 heterocycles. The second-order valence-electron chi connectivity index (χ2n) is 5.94. The molecule has 0 aliphatic rings. The third-order valence-corrected chi connectivity index (χ3v) is 4.08. The monoisotopic (exact) mass is 346 g/mol. The van der Waals surface area contributed by atoms with Crippen molar-refractivity contribution in [2.45, 2.75) is 20.4 Å². The molecule has 3 rings (SSSR count). The molecule has 0 fully saturated rings. The lowest BCUT2D eigenvalue weighted by Gasteiger charge is -2.15. The summed E-state index contributed by atoms with van der Waals surface area (Å²) in [6, 6.07) is 21.9. The van der Waals surface area contributed by atoms with Gasteiger partial charge in [0.1, 0.15) is 5.82 Å². The molecule has 0 unspecified atom stereocenters. The van der Waals surface area contributed by atoms with Gasteiger partial charge in [-0.2, -0.15) is 0 Å². The van der Waals surface area contributed by atoms with Gasteiger partial charge in [0.2, 0.25) is 0 Å². The molecule has 0 amide bonds. The Bertz CT molecular complexity index is 877. The van der Waals surface area contributed by atoms with Gasteiger partial charge in [-0.15, -0.1) is 0 Å². The molecule has 4 heteroatoms. The molecular weight excluding hydrogens is 324 g/mol. The van der Waals surface area contributed by atoms with Crippen LogP contribution in [-0.2, 0) is 11.3 Å². The van der Waals surface area contributed by atoms with Crippen LogP contribution in [0.4, 0.5) is 5.82 Å². The molecule has 26 heavy (non-hydrogen) atoms. The molecule has 0 saturated carbocycles. The predicted molar refractivity (Wildman–Crippen MR) is 104 cm³/mol. The Labute approximate surface area is 153 Å². The summed E-state index contributed by atoms with van der Waals surface area (Å²) < 4.78 is 5.24. The van der Waals surface area contributed by atoms with Crippen LogP contribution in [0.5, 0.6) is 0 Å². The number of pyridine rings is 1. The molecule has 0 bridgehead atoms. The van der Waals surface area contributed by atoms with Crippen molar-refractivity contribution in [1.29, 1.82) is 0 Å². The van der Waals surface area contributed by atoms with Gasteiger partial charge >= 0.3 is 5.97 Å². The zero-order valence-corrected chi connectivity index (χ0v) is 15.0. The SMILES string of the molecule is CCOC(=O)c1c(-c2ccccc2)cc(NCc2ccccc2)nc1C. The quantitative estimate of drug-likeness (QED) is 0.649. The van der Waals surface area contributed by atoms with Crippen LogP contribution in [0.1, 0.15) is 28.5 Å². The van der Waals surface area contributed by atoms with Crippen molar-refractivity contribution in [3.8, 4) is 11.1 Å². The highest BCUT2D eigenvalue weighted by Crippen LogP contribution is 2.29. The van der Waals surface area contributed by atoms with E-state index in [1.165, 1.54) is 5.56 Å². The summed E-state index contributed by atoms with van der Waals surface area (Å²) in [5.74, 6) is 0.393. The van der Waals surface area contributed by atoms with E-state index in [2.05, 4.69) is 22.4 Å².